The number of imidazole rings is 1. The lowest BCUT2D eigenvalue weighted by Crippen LogP contribution is -2.43. The number of nitrogens with zero attached hydrogens (tertiary/aromatic N) is 2. The van der Waals surface area contributed by atoms with Crippen LogP contribution in [0.4, 0.5) is 0 Å². The Hall–Kier alpha value is -1.95. The quantitative estimate of drug-likeness (QED) is 0.769. The number of aromatic amines is 1. The number of pyridine rings is 1. The molecule has 1 amide bonds. The van der Waals surface area contributed by atoms with Gasteiger partial charge in [0.1, 0.15) is 0 Å². The summed E-state index contributed by atoms with van der Waals surface area (Å²) in [5.74, 6) is -0.0771. The van der Waals surface area contributed by atoms with Crippen molar-refractivity contribution in [2.24, 2.45) is 5.41 Å². The first-order valence-electron chi connectivity index (χ1n) is 7.87. The van der Waals surface area contributed by atoms with Gasteiger partial charge in [-0.1, -0.05) is 6.42 Å². The second-order valence-corrected chi connectivity index (χ2v) is 5.98. The van der Waals surface area contributed by atoms with Gasteiger partial charge in [-0.3, -0.25) is 4.79 Å². The van der Waals surface area contributed by atoms with E-state index in [1.54, 1.807) is 18.6 Å². The predicted octanol–water partition coefficient (Wildman–Crippen LogP) is 2.28. The standard InChI is InChI=1S/C16H22N4O2/c1-2-22-7-6-16(4-3-5-16)10-18-15(21)12-8-13-14(17-9-12)20-11-19-13/h8-9,11H,2-7,10H2,1H3,(H,18,21)(H,17,19,20). The predicted molar refractivity (Wildman–Crippen MR) is 83.6 cm³/mol. The molecule has 0 unspecified atom stereocenters. The fourth-order valence-corrected chi connectivity index (χ4v) is 2.95. The van der Waals surface area contributed by atoms with Gasteiger partial charge >= 0.3 is 0 Å². The van der Waals surface area contributed by atoms with Crippen molar-refractivity contribution >= 4 is 17.1 Å². The highest BCUT2D eigenvalue weighted by Gasteiger charge is 2.36. The maximum absolute atomic E-state index is 12.3. The van der Waals surface area contributed by atoms with E-state index in [4.69, 9.17) is 4.74 Å². The van der Waals surface area contributed by atoms with Crippen molar-refractivity contribution in [3.05, 3.63) is 24.2 Å². The van der Waals surface area contributed by atoms with Crippen LogP contribution in [0.1, 0.15) is 43.0 Å². The van der Waals surface area contributed by atoms with Crippen molar-refractivity contribution in [2.45, 2.75) is 32.6 Å². The van der Waals surface area contributed by atoms with Gasteiger partial charge in [0.2, 0.25) is 0 Å². The van der Waals surface area contributed by atoms with Crippen molar-refractivity contribution < 1.29 is 9.53 Å². The number of nitrogens with one attached hydrogen (secondary N) is 2. The third kappa shape index (κ3) is 3.11. The van der Waals surface area contributed by atoms with Crippen LogP contribution in [-0.2, 0) is 4.74 Å². The molecule has 2 aromatic rings. The Bertz CT molecular complexity index is 648. The Morgan fingerprint density at radius 2 is 2.32 bits per heavy atom. The number of carbonyl (C=O) groups is 1. The molecule has 22 heavy (non-hydrogen) atoms. The Labute approximate surface area is 129 Å². The largest absolute Gasteiger partial charge is 0.382 e. The maximum atomic E-state index is 12.3. The van der Waals surface area contributed by atoms with Crippen LogP contribution < -0.4 is 5.32 Å². The monoisotopic (exact) mass is 302 g/mol. The minimum absolute atomic E-state index is 0.0771. The fraction of sp³-hybridized carbons (Fsp3) is 0.562. The first-order chi connectivity index (χ1) is 10.7. The van der Waals surface area contributed by atoms with E-state index in [0.717, 1.165) is 38.0 Å². The van der Waals surface area contributed by atoms with E-state index in [1.165, 1.54) is 6.42 Å². The van der Waals surface area contributed by atoms with Crippen molar-refractivity contribution in [1.82, 2.24) is 20.3 Å². The van der Waals surface area contributed by atoms with Gasteiger partial charge in [0, 0.05) is 26.0 Å². The highest BCUT2D eigenvalue weighted by Crippen LogP contribution is 2.43. The molecule has 1 saturated carbocycles. The molecule has 3 rings (SSSR count). The number of hydrogen-bond donors (Lipinski definition) is 2. The van der Waals surface area contributed by atoms with Gasteiger partial charge in [0.25, 0.3) is 5.91 Å². The summed E-state index contributed by atoms with van der Waals surface area (Å²) >= 11 is 0. The second-order valence-electron chi connectivity index (χ2n) is 5.98. The van der Waals surface area contributed by atoms with E-state index in [-0.39, 0.29) is 11.3 Å². The van der Waals surface area contributed by atoms with Gasteiger partial charge in [-0.05, 0) is 37.7 Å². The second kappa shape index (κ2) is 6.44. The molecule has 2 N–H and O–H groups in total. The summed E-state index contributed by atoms with van der Waals surface area (Å²) in [5, 5.41) is 3.06. The fourth-order valence-electron chi connectivity index (χ4n) is 2.95. The summed E-state index contributed by atoms with van der Waals surface area (Å²) in [7, 11) is 0. The first kappa shape index (κ1) is 15.0. The summed E-state index contributed by atoms with van der Waals surface area (Å²) in [5.41, 5.74) is 2.19. The van der Waals surface area contributed by atoms with E-state index in [2.05, 4.69) is 20.3 Å². The van der Waals surface area contributed by atoms with Gasteiger partial charge in [0.15, 0.2) is 5.65 Å². The van der Waals surface area contributed by atoms with Crippen LogP contribution in [0, 0.1) is 5.41 Å². The van der Waals surface area contributed by atoms with Crippen molar-refractivity contribution in [3.63, 3.8) is 0 Å². The molecule has 2 heterocycles. The highest BCUT2D eigenvalue weighted by atomic mass is 16.5. The SMILES string of the molecule is CCOCCC1(CNC(=O)c2cnc3nc[nH]c3c2)CCC1. The minimum Gasteiger partial charge on any atom is -0.382 e. The van der Waals surface area contributed by atoms with Crippen molar-refractivity contribution in [1.29, 1.82) is 0 Å². The summed E-state index contributed by atoms with van der Waals surface area (Å²) < 4.78 is 5.46. The number of H-pyrrole nitrogens is 1. The Balaban J connectivity index is 1.58. The zero-order valence-electron chi connectivity index (χ0n) is 12.9. The molecule has 0 bridgehead atoms. The van der Waals surface area contributed by atoms with Crippen LogP contribution in [0.25, 0.3) is 11.2 Å². The lowest BCUT2D eigenvalue weighted by atomic mass is 9.66. The highest BCUT2D eigenvalue weighted by molar-refractivity contribution is 5.96. The smallest absolute Gasteiger partial charge is 0.252 e. The van der Waals surface area contributed by atoms with Crippen LogP contribution in [0.2, 0.25) is 0 Å². The lowest BCUT2D eigenvalue weighted by Gasteiger charge is -2.42. The number of hydrogen-bond acceptors (Lipinski definition) is 4. The van der Waals surface area contributed by atoms with E-state index >= 15 is 0 Å². The number of fused-ring (bicyclic) bond motifs is 1. The Morgan fingerprint density at radius 1 is 1.45 bits per heavy atom. The first-order valence-corrected chi connectivity index (χ1v) is 7.87. The average molecular weight is 302 g/mol. The number of rotatable bonds is 7. The van der Waals surface area contributed by atoms with E-state index in [1.807, 2.05) is 6.92 Å². The molecule has 0 aliphatic heterocycles. The van der Waals surface area contributed by atoms with Crippen LogP contribution in [0.3, 0.4) is 0 Å². The van der Waals surface area contributed by atoms with Crippen molar-refractivity contribution in [2.75, 3.05) is 19.8 Å². The molecule has 1 aliphatic carbocycles. The molecule has 0 spiro atoms. The molecule has 0 saturated heterocycles. The number of aromatic nitrogens is 3. The molecular weight excluding hydrogens is 280 g/mol. The minimum atomic E-state index is -0.0771. The number of ether oxygens (including phenoxy) is 1. The molecule has 0 radical (unpaired) electrons. The zero-order chi connectivity index (χ0) is 15.4. The van der Waals surface area contributed by atoms with Gasteiger partial charge in [-0.2, -0.15) is 0 Å². The molecule has 1 fully saturated rings. The van der Waals surface area contributed by atoms with Gasteiger partial charge < -0.3 is 15.0 Å². The van der Waals surface area contributed by atoms with E-state index in [9.17, 15) is 4.79 Å². The molecule has 2 aromatic heterocycles. The third-order valence-corrected chi connectivity index (χ3v) is 4.55. The van der Waals surface area contributed by atoms with Crippen LogP contribution in [0.15, 0.2) is 18.6 Å². The molecular formula is C16H22N4O2. The van der Waals surface area contributed by atoms with Gasteiger partial charge in [-0.15, -0.1) is 0 Å². The molecule has 118 valence electrons. The van der Waals surface area contributed by atoms with Crippen LogP contribution in [-0.4, -0.2) is 40.6 Å². The average Bonchev–Trinajstić information content (AvgIpc) is 2.96. The molecule has 0 atom stereocenters. The zero-order valence-corrected chi connectivity index (χ0v) is 12.9. The molecule has 6 heteroatoms. The van der Waals surface area contributed by atoms with E-state index < -0.39 is 0 Å². The summed E-state index contributed by atoms with van der Waals surface area (Å²) in [4.78, 5) is 23.5. The normalized spacial score (nSPS) is 16.4. The number of carbonyl (C=O) groups excluding carboxylic acids is 1. The number of amides is 1. The topological polar surface area (TPSA) is 79.9 Å². The van der Waals surface area contributed by atoms with Gasteiger partial charge in [-0.25, -0.2) is 9.97 Å². The molecule has 1 aliphatic rings. The summed E-state index contributed by atoms with van der Waals surface area (Å²) in [6.07, 6.45) is 7.74. The van der Waals surface area contributed by atoms with E-state index in [0.29, 0.717) is 17.8 Å². The van der Waals surface area contributed by atoms with Gasteiger partial charge in [0.05, 0.1) is 17.4 Å². The summed E-state index contributed by atoms with van der Waals surface area (Å²) in [6.45, 7) is 4.24. The molecule has 0 aromatic carbocycles. The maximum Gasteiger partial charge on any atom is 0.252 e. The lowest BCUT2D eigenvalue weighted by molar-refractivity contribution is 0.0513. The molecule has 6 nitrogen and oxygen atoms in total. The Kier molecular flexibility index (Phi) is 4.38. The summed E-state index contributed by atoms with van der Waals surface area (Å²) in [6, 6.07) is 1.79. The third-order valence-electron chi connectivity index (χ3n) is 4.55. The van der Waals surface area contributed by atoms with Crippen LogP contribution in [0.5, 0.6) is 0 Å². The van der Waals surface area contributed by atoms with Crippen LogP contribution >= 0.6 is 0 Å². The van der Waals surface area contributed by atoms with Crippen molar-refractivity contribution in [3.8, 4) is 0 Å². The Morgan fingerprint density at radius 3 is 3.05 bits per heavy atom.